The maximum Gasteiger partial charge on any atom is 0.381 e. The summed E-state index contributed by atoms with van der Waals surface area (Å²) in [6, 6.07) is 0. The zero-order chi connectivity index (χ0) is 16.4. The van der Waals surface area contributed by atoms with E-state index in [1.807, 2.05) is 0 Å². The Morgan fingerprint density at radius 1 is 0.850 bits per heavy atom. The van der Waals surface area contributed by atoms with Gasteiger partial charge in [0.15, 0.2) is 0 Å². The SMILES string of the molecule is C=C(C(=O)O)C1(F)CC(F)(F)C(F)(F)C(F)(F)C1(F)F. The molecule has 0 amide bonds. The summed E-state index contributed by atoms with van der Waals surface area (Å²) in [6.45, 7) is 2.16. The maximum absolute atomic E-state index is 13.8. The van der Waals surface area contributed by atoms with Crippen LogP contribution < -0.4 is 0 Å². The van der Waals surface area contributed by atoms with Crippen LogP contribution in [0.25, 0.3) is 0 Å². The number of halogens is 9. The second kappa shape index (κ2) is 3.82. The average molecular weight is 316 g/mol. The lowest BCUT2D eigenvalue weighted by atomic mass is 9.72. The molecule has 2 nitrogen and oxygen atoms in total. The van der Waals surface area contributed by atoms with Crippen molar-refractivity contribution in [2.75, 3.05) is 0 Å². The fraction of sp³-hybridized carbons (Fsp3) is 0.667. The number of rotatable bonds is 2. The van der Waals surface area contributed by atoms with Gasteiger partial charge in [0, 0.05) is 0 Å². The summed E-state index contributed by atoms with van der Waals surface area (Å²) >= 11 is 0. The van der Waals surface area contributed by atoms with E-state index < -0.39 is 47.3 Å². The molecule has 0 aliphatic heterocycles. The lowest BCUT2D eigenvalue weighted by Gasteiger charge is -2.48. The van der Waals surface area contributed by atoms with Crippen LogP contribution in [0.2, 0.25) is 0 Å². The van der Waals surface area contributed by atoms with Gasteiger partial charge in [0.2, 0.25) is 5.67 Å². The first kappa shape index (κ1) is 16.6. The van der Waals surface area contributed by atoms with Gasteiger partial charge in [-0.3, -0.25) is 0 Å². The van der Waals surface area contributed by atoms with E-state index in [2.05, 4.69) is 6.58 Å². The minimum Gasteiger partial charge on any atom is -0.478 e. The van der Waals surface area contributed by atoms with E-state index in [1.54, 1.807) is 0 Å². The molecule has 1 rings (SSSR count). The highest BCUT2D eigenvalue weighted by Gasteiger charge is 2.91. The van der Waals surface area contributed by atoms with Crippen molar-refractivity contribution in [3.05, 3.63) is 12.2 Å². The first-order valence-corrected chi connectivity index (χ1v) is 4.69. The Kier molecular flexibility index (Phi) is 3.17. The average Bonchev–Trinajstić information content (AvgIpc) is 2.24. The van der Waals surface area contributed by atoms with Crippen LogP contribution in [0.3, 0.4) is 0 Å². The van der Waals surface area contributed by atoms with Gasteiger partial charge in [0.1, 0.15) is 0 Å². The molecule has 11 heteroatoms. The number of carboxylic acid groups (broad SMARTS) is 1. The lowest BCUT2D eigenvalue weighted by molar-refractivity contribution is -0.419. The van der Waals surface area contributed by atoms with E-state index in [9.17, 15) is 44.3 Å². The van der Waals surface area contributed by atoms with Gasteiger partial charge in [0.25, 0.3) is 0 Å². The minimum atomic E-state index is -6.81. The molecule has 0 aromatic carbocycles. The first-order valence-electron chi connectivity index (χ1n) is 4.69. The fourth-order valence-corrected chi connectivity index (χ4v) is 1.67. The van der Waals surface area contributed by atoms with E-state index >= 15 is 0 Å². The Morgan fingerprint density at radius 3 is 1.60 bits per heavy atom. The zero-order valence-corrected chi connectivity index (χ0v) is 9.17. The van der Waals surface area contributed by atoms with Crippen molar-refractivity contribution in [3.63, 3.8) is 0 Å². The quantitative estimate of drug-likeness (QED) is 0.627. The van der Waals surface area contributed by atoms with Crippen LogP contribution in [0.5, 0.6) is 0 Å². The lowest BCUT2D eigenvalue weighted by Crippen LogP contribution is -2.75. The van der Waals surface area contributed by atoms with Crippen molar-refractivity contribution >= 4 is 5.97 Å². The second-order valence-electron chi connectivity index (χ2n) is 4.19. The number of carbonyl (C=O) groups is 1. The molecule has 0 bridgehead atoms. The monoisotopic (exact) mass is 316 g/mol. The largest absolute Gasteiger partial charge is 0.478 e. The van der Waals surface area contributed by atoms with E-state index in [0.717, 1.165) is 0 Å². The molecule has 1 unspecified atom stereocenters. The highest BCUT2D eigenvalue weighted by Crippen LogP contribution is 2.65. The van der Waals surface area contributed by atoms with Crippen LogP contribution >= 0.6 is 0 Å². The van der Waals surface area contributed by atoms with Gasteiger partial charge in [-0.2, -0.15) is 35.1 Å². The molecule has 0 aromatic heterocycles. The summed E-state index contributed by atoms with van der Waals surface area (Å²) in [4.78, 5) is 10.3. The van der Waals surface area contributed by atoms with Crippen molar-refractivity contribution < 1.29 is 49.4 Å². The standard InChI is InChI=1S/C9H5F9O2/c1-3(4(19)20)5(10)2-6(11,12)8(15,16)9(17,18)7(5,13)14/h1-2H2,(H,19,20). The number of alkyl halides is 9. The van der Waals surface area contributed by atoms with E-state index in [0.29, 0.717) is 0 Å². The molecular weight excluding hydrogens is 311 g/mol. The molecule has 0 spiro atoms. The molecular formula is C9H5F9O2. The van der Waals surface area contributed by atoms with Crippen LogP contribution in [0.15, 0.2) is 12.2 Å². The second-order valence-corrected chi connectivity index (χ2v) is 4.19. The molecule has 0 saturated heterocycles. The Hall–Kier alpha value is -1.42. The van der Waals surface area contributed by atoms with Crippen molar-refractivity contribution in [2.24, 2.45) is 0 Å². The molecule has 1 aliphatic carbocycles. The van der Waals surface area contributed by atoms with Gasteiger partial charge in [-0.1, -0.05) is 6.58 Å². The summed E-state index contributed by atoms with van der Waals surface area (Å²) < 4.78 is 117. The molecule has 0 radical (unpaired) electrons. The third kappa shape index (κ3) is 1.57. The van der Waals surface area contributed by atoms with E-state index in [1.165, 1.54) is 0 Å². The number of hydrogen-bond acceptors (Lipinski definition) is 1. The van der Waals surface area contributed by atoms with Crippen molar-refractivity contribution in [1.29, 1.82) is 0 Å². The van der Waals surface area contributed by atoms with Crippen LogP contribution in [-0.2, 0) is 4.79 Å². The predicted octanol–water partition coefficient (Wildman–Crippen LogP) is 3.28. The van der Waals surface area contributed by atoms with Gasteiger partial charge >= 0.3 is 29.7 Å². The van der Waals surface area contributed by atoms with Gasteiger partial charge in [-0.05, 0) is 0 Å². The Morgan fingerprint density at radius 2 is 1.25 bits per heavy atom. The van der Waals surface area contributed by atoms with Gasteiger partial charge in [-0.25, -0.2) is 9.18 Å². The normalized spacial score (nSPS) is 33.5. The molecule has 20 heavy (non-hydrogen) atoms. The van der Waals surface area contributed by atoms with Crippen LogP contribution in [0.1, 0.15) is 6.42 Å². The molecule has 0 heterocycles. The summed E-state index contributed by atoms with van der Waals surface area (Å²) in [5.41, 5.74) is -7.59. The molecule has 1 fully saturated rings. The van der Waals surface area contributed by atoms with Gasteiger partial charge in [0.05, 0.1) is 12.0 Å². The summed E-state index contributed by atoms with van der Waals surface area (Å²) in [5.74, 6) is -28.3. The Labute approximate surface area is 104 Å². The Balaban J connectivity index is 3.61. The van der Waals surface area contributed by atoms with Crippen molar-refractivity contribution in [2.45, 2.75) is 35.8 Å². The summed E-state index contributed by atoms with van der Waals surface area (Å²) in [6.07, 6.45) is -3.14. The molecule has 1 N–H and O–H groups in total. The highest BCUT2D eigenvalue weighted by molar-refractivity contribution is 5.88. The van der Waals surface area contributed by atoms with Crippen molar-refractivity contribution in [3.8, 4) is 0 Å². The number of hydrogen-bond donors (Lipinski definition) is 1. The fourth-order valence-electron chi connectivity index (χ4n) is 1.67. The highest BCUT2D eigenvalue weighted by atomic mass is 19.4. The topological polar surface area (TPSA) is 37.3 Å². The van der Waals surface area contributed by atoms with E-state index in [-0.39, 0.29) is 0 Å². The smallest absolute Gasteiger partial charge is 0.381 e. The molecule has 116 valence electrons. The van der Waals surface area contributed by atoms with Crippen molar-refractivity contribution in [1.82, 2.24) is 0 Å². The third-order valence-corrected chi connectivity index (χ3v) is 2.95. The number of aliphatic carboxylic acids is 1. The van der Waals surface area contributed by atoms with Crippen LogP contribution in [0.4, 0.5) is 39.5 Å². The molecule has 1 saturated carbocycles. The summed E-state index contributed by atoms with van der Waals surface area (Å²) in [5, 5.41) is 8.25. The van der Waals surface area contributed by atoms with Gasteiger partial charge in [-0.15, -0.1) is 0 Å². The Bertz CT molecular complexity index is 470. The minimum absolute atomic E-state index is 2.16. The van der Waals surface area contributed by atoms with E-state index in [4.69, 9.17) is 5.11 Å². The van der Waals surface area contributed by atoms with Crippen LogP contribution in [0, 0.1) is 0 Å². The molecule has 1 aliphatic rings. The van der Waals surface area contributed by atoms with Crippen LogP contribution in [-0.4, -0.2) is 40.4 Å². The predicted molar refractivity (Wildman–Crippen MR) is 45.0 cm³/mol. The summed E-state index contributed by atoms with van der Waals surface area (Å²) in [7, 11) is 0. The third-order valence-electron chi connectivity index (χ3n) is 2.95. The number of carboxylic acids is 1. The molecule has 1 atom stereocenters. The maximum atomic E-state index is 13.8. The zero-order valence-electron chi connectivity index (χ0n) is 9.17. The first-order chi connectivity index (χ1) is 8.56. The van der Waals surface area contributed by atoms with Gasteiger partial charge < -0.3 is 5.11 Å². The molecule has 0 aromatic rings.